The molecule has 4 heteroatoms. The summed E-state index contributed by atoms with van der Waals surface area (Å²) in [6.07, 6.45) is 25.9. The lowest BCUT2D eigenvalue weighted by atomic mass is 10.1. The average molecular weight is 387 g/mol. The van der Waals surface area contributed by atoms with E-state index in [1.807, 2.05) is 13.0 Å². The average Bonchev–Trinajstić information content (AvgIpc) is 2.61. The number of rotatable bonds is 19. The number of allylic oxidation sites excluding steroid dienone is 3. The van der Waals surface area contributed by atoms with Crippen LogP contribution in [0.5, 0.6) is 0 Å². The highest BCUT2D eigenvalue weighted by atomic mass is 31.2. The molecule has 0 aromatic rings. The molecule has 0 bridgehead atoms. The third kappa shape index (κ3) is 19.9. The summed E-state index contributed by atoms with van der Waals surface area (Å²) >= 11 is 0. The Balaban J connectivity index is 3.30. The van der Waals surface area contributed by atoms with Crippen molar-refractivity contribution in [3.8, 4) is 0 Å². The molecule has 0 aliphatic heterocycles. The second-order valence-corrected chi connectivity index (χ2v) is 9.14. The van der Waals surface area contributed by atoms with Gasteiger partial charge in [-0.25, -0.2) is 0 Å². The quantitative estimate of drug-likeness (QED) is 0.140. The Morgan fingerprint density at radius 3 is 1.81 bits per heavy atom. The number of hydrogen-bond donors (Lipinski definition) is 1. The highest BCUT2D eigenvalue weighted by molar-refractivity contribution is 7.52. The van der Waals surface area contributed by atoms with Crippen molar-refractivity contribution in [3.05, 3.63) is 24.3 Å². The van der Waals surface area contributed by atoms with Crippen LogP contribution in [-0.2, 0) is 9.09 Å². The molecule has 1 unspecified atom stereocenters. The summed E-state index contributed by atoms with van der Waals surface area (Å²) in [6.45, 7) is 4.37. The van der Waals surface area contributed by atoms with Crippen LogP contribution < -0.4 is 0 Å². The van der Waals surface area contributed by atoms with Crippen LogP contribution in [0.2, 0.25) is 0 Å². The Kier molecular flexibility index (Phi) is 19.1. The van der Waals surface area contributed by atoms with E-state index in [2.05, 4.69) is 19.1 Å². The summed E-state index contributed by atoms with van der Waals surface area (Å²) in [7, 11) is -3.37. The lowest BCUT2D eigenvalue weighted by molar-refractivity contribution is 0.286. The highest BCUT2D eigenvalue weighted by Crippen LogP contribution is 2.42. The largest absolute Gasteiger partial charge is 0.328 e. The fourth-order valence-corrected chi connectivity index (χ4v) is 3.95. The third-order valence-corrected chi connectivity index (χ3v) is 5.99. The molecule has 0 saturated carbocycles. The predicted molar refractivity (Wildman–Crippen MR) is 115 cm³/mol. The van der Waals surface area contributed by atoms with Crippen LogP contribution >= 0.6 is 7.60 Å². The second-order valence-electron chi connectivity index (χ2n) is 7.16. The van der Waals surface area contributed by atoms with E-state index >= 15 is 0 Å². The molecule has 1 atom stereocenters. The lowest BCUT2D eigenvalue weighted by Crippen LogP contribution is -1.95. The standard InChI is InChI=1S/C22H43O3P/c1-3-5-7-8-9-10-11-12-13-14-15-16-17-18-19-20-22-26(23,24)25-21-6-4-2/h4,6,12-13H,3,5,7-11,14-22H2,1-2H3,(H,23,24)/b6-4?,13-12-. The first-order valence-corrected chi connectivity index (χ1v) is 12.6. The van der Waals surface area contributed by atoms with E-state index in [4.69, 9.17) is 4.52 Å². The molecule has 0 saturated heterocycles. The van der Waals surface area contributed by atoms with Gasteiger partial charge >= 0.3 is 7.60 Å². The Labute approximate surface area is 162 Å². The van der Waals surface area contributed by atoms with Crippen LogP contribution in [0, 0.1) is 0 Å². The van der Waals surface area contributed by atoms with Crippen LogP contribution in [0.25, 0.3) is 0 Å². The monoisotopic (exact) mass is 386 g/mol. The Morgan fingerprint density at radius 1 is 0.769 bits per heavy atom. The van der Waals surface area contributed by atoms with E-state index in [-0.39, 0.29) is 12.8 Å². The molecule has 0 spiro atoms. The van der Waals surface area contributed by atoms with Gasteiger partial charge in [0.2, 0.25) is 0 Å². The molecule has 0 aromatic heterocycles. The van der Waals surface area contributed by atoms with E-state index in [1.165, 1.54) is 70.6 Å². The molecule has 0 heterocycles. The van der Waals surface area contributed by atoms with Crippen molar-refractivity contribution in [2.45, 2.75) is 104 Å². The van der Waals surface area contributed by atoms with Crippen molar-refractivity contribution in [1.82, 2.24) is 0 Å². The zero-order valence-electron chi connectivity index (χ0n) is 17.3. The summed E-state index contributed by atoms with van der Waals surface area (Å²) in [4.78, 5) is 9.65. The minimum absolute atomic E-state index is 0.233. The smallest absolute Gasteiger partial charge is 0.324 e. The van der Waals surface area contributed by atoms with Crippen LogP contribution in [0.3, 0.4) is 0 Å². The van der Waals surface area contributed by atoms with Gasteiger partial charge in [-0.2, -0.15) is 0 Å². The molecule has 0 amide bonds. The maximum Gasteiger partial charge on any atom is 0.328 e. The zero-order valence-corrected chi connectivity index (χ0v) is 18.2. The molecule has 26 heavy (non-hydrogen) atoms. The molecule has 0 aromatic carbocycles. The van der Waals surface area contributed by atoms with E-state index in [0.717, 1.165) is 19.3 Å². The third-order valence-electron chi connectivity index (χ3n) is 4.56. The van der Waals surface area contributed by atoms with Crippen molar-refractivity contribution in [2.75, 3.05) is 12.8 Å². The summed E-state index contributed by atoms with van der Waals surface area (Å²) < 4.78 is 16.7. The minimum atomic E-state index is -3.37. The fourth-order valence-electron chi connectivity index (χ4n) is 2.88. The van der Waals surface area contributed by atoms with Gasteiger partial charge in [0.1, 0.15) is 0 Å². The van der Waals surface area contributed by atoms with E-state index in [9.17, 15) is 9.46 Å². The Bertz CT molecular complexity index is 391. The van der Waals surface area contributed by atoms with Crippen LogP contribution in [-0.4, -0.2) is 17.7 Å². The molecular weight excluding hydrogens is 343 g/mol. The molecule has 0 aliphatic carbocycles. The summed E-state index contributed by atoms with van der Waals surface area (Å²) in [5.74, 6) is 0. The minimum Gasteiger partial charge on any atom is -0.324 e. The molecule has 0 fully saturated rings. The van der Waals surface area contributed by atoms with Crippen molar-refractivity contribution < 1.29 is 14.0 Å². The highest BCUT2D eigenvalue weighted by Gasteiger charge is 2.17. The zero-order chi connectivity index (χ0) is 19.3. The fraction of sp³-hybridized carbons (Fsp3) is 0.818. The molecular formula is C22H43O3P. The first-order valence-electron chi connectivity index (χ1n) is 10.8. The first-order chi connectivity index (χ1) is 12.6. The normalized spacial score (nSPS) is 14.4. The van der Waals surface area contributed by atoms with Gasteiger partial charge < -0.3 is 9.42 Å². The van der Waals surface area contributed by atoms with Crippen LogP contribution in [0.1, 0.15) is 104 Å². The Morgan fingerprint density at radius 2 is 1.27 bits per heavy atom. The Hall–Kier alpha value is -0.370. The van der Waals surface area contributed by atoms with Crippen molar-refractivity contribution in [1.29, 1.82) is 0 Å². The van der Waals surface area contributed by atoms with Crippen LogP contribution in [0.15, 0.2) is 24.3 Å². The number of hydrogen-bond acceptors (Lipinski definition) is 2. The van der Waals surface area contributed by atoms with Crippen molar-refractivity contribution in [3.63, 3.8) is 0 Å². The van der Waals surface area contributed by atoms with Crippen molar-refractivity contribution >= 4 is 7.60 Å². The summed E-state index contributed by atoms with van der Waals surface area (Å²) in [5.41, 5.74) is 0. The molecule has 0 aliphatic rings. The molecule has 0 rings (SSSR count). The molecule has 1 N–H and O–H groups in total. The summed E-state index contributed by atoms with van der Waals surface area (Å²) in [5, 5.41) is 0. The SMILES string of the molecule is CC=CCOP(=O)(O)CCCCCCCC/C=C\CCCCCCCC. The molecule has 0 radical (unpaired) electrons. The second kappa shape index (κ2) is 19.4. The van der Waals surface area contributed by atoms with Crippen LogP contribution in [0.4, 0.5) is 0 Å². The van der Waals surface area contributed by atoms with Gasteiger partial charge in [0, 0.05) is 6.16 Å². The van der Waals surface area contributed by atoms with E-state index in [0.29, 0.717) is 0 Å². The van der Waals surface area contributed by atoms with E-state index in [1.54, 1.807) is 6.08 Å². The predicted octanol–water partition coefficient (Wildman–Crippen LogP) is 7.80. The first kappa shape index (κ1) is 25.6. The van der Waals surface area contributed by atoms with Gasteiger partial charge in [-0.1, -0.05) is 89.0 Å². The maximum atomic E-state index is 11.7. The molecule has 154 valence electrons. The van der Waals surface area contributed by atoms with E-state index < -0.39 is 7.60 Å². The number of unbranched alkanes of at least 4 members (excludes halogenated alkanes) is 12. The van der Waals surface area contributed by atoms with Gasteiger partial charge in [0.25, 0.3) is 0 Å². The molecule has 3 nitrogen and oxygen atoms in total. The lowest BCUT2D eigenvalue weighted by Gasteiger charge is -2.10. The van der Waals surface area contributed by atoms with Gasteiger partial charge in [-0.15, -0.1) is 0 Å². The van der Waals surface area contributed by atoms with Crippen molar-refractivity contribution in [2.24, 2.45) is 0 Å². The van der Waals surface area contributed by atoms with Gasteiger partial charge in [0.05, 0.1) is 6.61 Å². The van der Waals surface area contributed by atoms with Gasteiger partial charge in [-0.05, 0) is 39.0 Å². The topological polar surface area (TPSA) is 46.5 Å². The van der Waals surface area contributed by atoms with Gasteiger partial charge in [0.15, 0.2) is 0 Å². The maximum absolute atomic E-state index is 11.7. The van der Waals surface area contributed by atoms with Gasteiger partial charge in [-0.3, -0.25) is 4.57 Å². The summed E-state index contributed by atoms with van der Waals surface area (Å²) in [6, 6.07) is 0.